The van der Waals surface area contributed by atoms with Gasteiger partial charge in [0.05, 0.1) is 13.2 Å². The van der Waals surface area contributed by atoms with Gasteiger partial charge in [-0.05, 0) is 29.8 Å². The molecule has 148 valence electrons. The van der Waals surface area contributed by atoms with E-state index < -0.39 is 0 Å². The number of nitrogens with one attached hydrogen (secondary N) is 1. The first-order valence-electron chi connectivity index (χ1n) is 9.11. The summed E-state index contributed by atoms with van der Waals surface area (Å²) in [4.78, 5) is 25.8. The molecule has 2 amide bonds. The largest absolute Gasteiger partial charge is 0.497 e. The average molecular weight is 384 g/mol. The van der Waals surface area contributed by atoms with Crippen molar-refractivity contribution in [3.63, 3.8) is 0 Å². The van der Waals surface area contributed by atoms with Gasteiger partial charge < -0.3 is 24.4 Å². The molecule has 0 spiro atoms. The van der Waals surface area contributed by atoms with E-state index in [9.17, 15) is 9.59 Å². The minimum Gasteiger partial charge on any atom is -0.497 e. The molecule has 1 heterocycles. The molecule has 1 N–H and O–H groups in total. The van der Waals surface area contributed by atoms with Crippen molar-refractivity contribution in [2.24, 2.45) is 0 Å². The first kappa shape index (κ1) is 19.7. The molecule has 0 aliphatic carbocycles. The molecule has 3 rings (SSSR count). The maximum Gasteiger partial charge on any atom is 0.258 e. The van der Waals surface area contributed by atoms with Crippen molar-refractivity contribution in [3.8, 4) is 11.5 Å². The molecule has 7 nitrogen and oxygen atoms in total. The monoisotopic (exact) mass is 384 g/mol. The van der Waals surface area contributed by atoms with Crippen LogP contribution in [-0.4, -0.2) is 56.2 Å². The van der Waals surface area contributed by atoms with Gasteiger partial charge in [0.15, 0.2) is 6.61 Å². The molecule has 2 aromatic carbocycles. The smallest absolute Gasteiger partial charge is 0.258 e. The molecule has 7 heteroatoms. The van der Waals surface area contributed by atoms with Gasteiger partial charge >= 0.3 is 0 Å². The second-order valence-corrected chi connectivity index (χ2v) is 6.46. The minimum atomic E-state index is -0.245. The second kappa shape index (κ2) is 9.75. The standard InChI is InChI=1S/C21H24N2O5/c1-26-17-7-9-18(10-8-17)27-14-20(24)22-11-19-13-23(21(25)15-28-19)12-16-5-3-2-4-6-16/h2-10,19H,11-15H2,1H3,(H,22,24). The zero-order valence-electron chi connectivity index (χ0n) is 15.8. The number of nitrogens with zero attached hydrogens (tertiary/aromatic N) is 1. The Morgan fingerprint density at radius 2 is 1.86 bits per heavy atom. The Balaban J connectivity index is 1.41. The lowest BCUT2D eigenvalue weighted by atomic mass is 10.2. The van der Waals surface area contributed by atoms with E-state index in [0.29, 0.717) is 25.4 Å². The molecule has 2 aromatic rings. The van der Waals surface area contributed by atoms with Crippen LogP contribution in [0.3, 0.4) is 0 Å². The second-order valence-electron chi connectivity index (χ2n) is 6.46. The number of rotatable bonds is 8. The molecule has 1 aliphatic heterocycles. The third-order valence-electron chi connectivity index (χ3n) is 4.39. The molecular formula is C21H24N2O5. The van der Waals surface area contributed by atoms with E-state index >= 15 is 0 Å². The summed E-state index contributed by atoms with van der Waals surface area (Å²) in [6, 6.07) is 16.8. The quantitative estimate of drug-likeness (QED) is 0.748. The SMILES string of the molecule is COc1ccc(OCC(=O)NCC2CN(Cc3ccccc3)C(=O)CO2)cc1. The van der Waals surface area contributed by atoms with Crippen LogP contribution in [0, 0.1) is 0 Å². The van der Waals surface area contributed by atoms with E-state index in [1.165, 1.54) is 0 Å². The Hall–Kier alpha value is -3.06. The molecule has 0 saturated carbocycles. The fourth-order valence-electron chi connectivity index (χ4n) is 2.86. The third kappa shape index (κ3) is 5.72. The van der Waals surface area contributed by atoms with Gasteiger partial charge in [0.25, 0.3) is 5.91 Å². The van der Waals surface area contributed by atoms with Crippen LogP contribution >= 0.6 is 0 Å². The van der Waals surface area contributed by atoms with E-state index in [1.807, 2.05) is 30.3 Å². The summed E-state index contributed by atoms with van der Waals surface area (Å²) < 4.78 is 16.1. The van der Waals surface area contributed by atoms with Crippen LogP contribution in [-0.2, 0) is 20.9 Å². The summed E-state index contributed by atoms with van der Waals surface area (Å²) >= 11 is 0. The van der Waals surface area contributed by atoms with Gasteiger partial charge in [0, 0.05) is 19.6 Å². The van der Waals surface area contributed by atoms with Crippen LogP contribution in [0.4, 0.5) is 0 Å². The average Bonchev–Trinajstić information content (AvgIpc) is 2.74. The third-order valence-corrected chi connectivity index (χ3v) is 4.39. The van der Waals surface area contributed by atoms with Crippen molar-refractivity contribution in [1.82, 2.24) is 10.2 Å². The number of hydrogen-bond donors (Lipinski definition) is 1. The summed E-state index contributed by atoms with van der Waals surface area (Å²) in [5.41, 5.74) is 1.06. The van der Waals surface area contributed by atoms with Crippen molar-refractivity contribution in [1.29, 1.82) is 0 Å². The fraction of sp³-hybridized carbons (Fsp3) is 0.333. The molecule has 1 atom stereocenters. The van der Waals surface area contributed by atoms with Gasteiger partial charge in [-0.1, -0.05) is 30.3 Å². The van der Waals surface area contributed by atoms with Gasteiger partial charge in [-0.15, -0.1) is 0 Å². The lowest BCUT2D eigenvalue weighted by Gasteiger charge is -2.33. The Morgan fingerprint density at radius 1 is 1.14 bits per heavy atom. The van der Waals surface area contributed by atoms with Crippen LogP contribution in [0.5, 0.6) is 11.5 Å². The zero-order valence-corrected chi connectivity index (χ0v) is 15.8. The zero-order chi connectivity index (χ0) is 19.8. The first-order chi connectivity index (χ1) is 13.6. The summed E-state index contributed by atoms with van der Waals surface area (Å²) in [5, 5.41) is 2.79. The van der Waals surface area contributed by atoms with Crippen molar-refractivity contribution in [3.05, 3.63) is 60.2 Å². The van der Waals surface area contributed by atoms with E-state index in [-0.39, 0.29) is 31.1 Å². The molecule has 0 bridgehead atoms. The van der Waals surface area contributed by atoms with Crippen LogP contribution in [0.15, 0.2) is 54.6 Å². The van der Waals surface area contributed by atoms with E-state index in [0.717, 1.165) is 11.3 Å². The van der Waals surface area contributed by atoms with Crippen molar-refractivity contribution < 1.29 is 23.8 Å². The van der Waals surface area contributed by atoms with Gasteiger partial charge in [0.1, 0.15) is 18.1 Å². The Morgan fingerprint density at radius 3 is 2.57 bits per heavy atom. The molecule has 0 aromatic heterocycles. The number of methoxy groups -OCH3 is 1. The predicted molar refractivity (Wildman–Crippen MR) is 103 cm³/mol. The molecule has 0 radical (unpaired) electrons. The number of hydrogen-bond acceptors (Lipinski definition) is 5. The van der Waals surface area contributed by atoms with Crippen LogP contribution in [0.1, 0.15) is 5.56 Å². The lowest BCUT2D eigenvalue weighted by Crippen LogP contribution is -2.50. The number of amides is 2. The summed E-state index contributed by atoms with van der Waals surface area (Å²) in [5.74, 6) is 1.02. The van der Waals surface area contributed by atoms with Gasteiger partial charge in [-0.3, -0.25) is 9.59 Å². The Labute approximate surface area is 164 Å². The van der Waals surface area contributed by atoms with E-state index in [2.05, 4.69) is 5.32 Å². The highest BCUT2D eigenvalue weighted by molar-refractivity contribution is 5.78. The number of benzene rings is 2. The lowest BCUT2D eigenvalue weighted by molar-refractivity contribution is -0.149. The summed E-state index contributed by atoms with van der Waals surface area (Å²) in [7, 11) is 1.59. The van der Waals surface area contributed by atoms with Crippen LogP contribution in [0.2, 0.25) is 0 Å². The Kier molecular flexibility index (Phi) is 6.86. The minimum absolute atomic E-state index is 0.0235. The van der Waals surface area contributed by atoms with Crippen molar-refractivity contribution in [2.75, 3.05) is 33.4 Å². The maximum absolute atomic E-state index is 12.1. The van der Waals surface area contributed by atoms with Crippen molar-refractivity contribution >= 4 is 11.8 Å². The first-order valence-corrected chi connectivity index (χ1v) is 9.11. The maximum atomic E-state index is 12.1. The number of ether oxygens (including phenoxy) is 3. The number of morpholine rings is 1. The van der Waals surface area contributed by atoms with Crippen LogP contribution in [0.25, 0.3) is 0 Å². The fourth-order valence-corrected chi connectivity index (χ4v) is 2.86. The Bertz CT molecular complexity index is 779. The number of carbonyl (C=O) groups excluding carboxylic acids is 2. The summed E-state index contributed by atoms with van der Waals surface area (Å²) in [6.45, 7) is 1.23. The van der Waals surface area contributed by atoms with Crippen molar-refractivity contribution in [2.45, 2.75) is 12.6 Å². The molecule has 28 heavy (non-hydrogen) atoms. The molecule has 1 saturated heterocycles. The highest BCUT2D eigenvalue weighted by Gasteiger charge is 2.26. The predicted octanol–water partition coefficient (Wildman–Crippen LogP) is 1.62. The summed E-state index contributed by atoms with van der Waals surface area (Å²) in [6.07, 6.45) is -0.244. The highest BCUT2D eigenvalue weighted by Crippen LogP contribution is 2.16. The van der Waals surface area contributed by atoms with E-state index in [4.69, 9.17) is 14.2 Å². The van der Waals surface area contributed by atoms with Gasteiger partial charge in [-0.2, -0.15) is 0 Å². The molecule has 1 aliphatic rings. The molecule has 1 unspecified atom stereocenters. The van der Waals surface area contributed by atoms with Gasteiger partial charge in [-0.25, -0.2) is 0 Å². The molecular weight excluding hydrogens is 360 g/mol. The number of carbonyl (C=O) groups is 2. The molecule has 1 fully saturated rings. The topological polar surface area (TPSA) is 77.1 Å². The highest BCUT2D eigenvalue weighted by atomic mass is 16.5. The van der Waals surface area contributed by atoms with E-state index in [1.54, 1.807) is 36.3 Å². The van der Waals surface area contributed by atoms with Crippen LogP contribution < -0.4 is 14.8 Å². The normalized spacial score (nSPS) is 16.5. The van der Waals surface area contributed by atoms with Gasteiger partial charge in [0.2, 0.25) is 5.91 Å².